The first kappa shape index (κ1) is 37.0. The van der Waals surface area contributed by atoms with Gasteiger partial charge < -0.3 is 19.7 Å². The van der Waals surface area contributed by atoms with Gasteiger partial charge in [0.2, 0.25) is 6.23 Å². The first-order valence-corrected chi connectivity index (χ1v) is 18.3. The lowest BCUT2D eigenvalue weighted by molar-refractivity contribution is -0.176. The molecule has 2 aliphatic rings. The number of hydrogen-bond acceptors (Lipinski definition) is 10. The molecule has 2 aliphatic heterocycles. The van der Waals surface area contributed by atoms with Crippen LogP contribution in [0.5, 0.6) is 5.75 Å². The quantitative estimate of drug-likeness (QED) is 0.0832. The SMILES string of the molecule is CCCCCCCCCCCCCCCCC(=O)O[C@@H]1C(COP2(=O)OCc3ccccc3O2)OC(n2ccc(N)nc2=O)C1(F)F. The Morgan fingerprint density at radius 2 is 1.62 bits per heavy atom. The van der Waals surface area contributed by atoms with E-state index in [-0.39, 0.29) is 24.6 Å². The number of unbranched alkanes of at least 4 members (excludes halogenated alkanes) is 13. The van der Waals surface area contributed by atoms with Gasteiger partial charge in [-0.3, -0.25) is 18.4 Å². The van der Waals surface area contributed by atoms with Crippen LogP contribution in [0.2, 0.25) is 0 Å². The highest BCUT2D eigenvalue weighted by atomic mass is 31.2. The minimum atomic E-state index is -4.22. The number of phosphoric ester groups is 1. The second-order valence-electron chi connectivity index (χ2n) is 12.2. The van der Waals surface area contributed by atoms with Crippen LogP contribution in [0.4, 0.5) is 14.6 Å². The number of nitrogens with zero attached hydrogens (tertiary/aromatic N) is 2. The number of hydrogen-bond donors (Lipinski definition) is 1. The van der Waals surface area contributed by atoms with Crippen LogP contribution < -0.4 is 15.9 Å². The van der Waals surface area contributed by atoms with Gasteiger partial charge in [-0.25, -0.2) is 9.36 Å². The number of fused-ring (bicyclic) bond motifs is 1. The summed E-state index contributed by atoms with van der Waals surface area (Å²) in [7, 11) is -4.22. The molecule has 1 saturated heterocycles. The molecule has 1 fully saturated rings. The van der Waals surface area contributed by atoms with Gasteiger partial charge in [-0.1, -0.05) is 109 Å². The highest BCUT2D eigenvalue weighted by Crippen LogP contribution is 2.55. The molecule has 47 heavy (non-hydrogen) atoms. The van der Waals surface area contributed by atoms with E-state index in [0.717, 1.165) is 31.9 Å². The number of benzene rings is 1. The Labute approximate surface area is 275 Å². The molecular weight excluding hydrogens is 635 g/mol. The molecule has 0 radical (unpaired) electrons. The number of ether oxygens (including phenoxy) is 2. The summed E-state index contributed by atoms with van der Waals surface area (Å²) in [6.07, 6.45) is 11.0. The minimum Gasteiger partial charge on any atom is -0.453 e. The van der Waals surface area contributed by atoms with Gasteiger partial charge in [0.25, 0.3) is 0 Å². The second-order valence-corrected chi connectivity index (χ2v) is 13.8. The van der Waals surface area contributed by atoms with Crippen LogP contribution in [0.25, 0.3) is 0 Å². The predicted molar refractivity (Wildman–Crippen MR) is 172 cm³/mol. The van der Waals surface area contributed by atoms with E-state index in [9.17, 15) is 14.2 Å². The third-order valence-electron chi connectivity index (χ3n) is 8.40. The molecule has 0 amide bonds. The fourth-order valence-electron chi connectivity index (χ4n) is 5.75. The summed E-state index contributed by atoms with van der Waals surface area (Å²) in [5.41, 5.74) is 5.08. The van der Waals surface area contributed by atoms with Crippen molar-refractivity contribution in [3.8, 4) is 5.75 Å². The number of carbonyl (C=O) groups excluding carboxylic acids is 1. The minimum absolute atomic E-state index is 0.0618. The Balaban J connectivity index is 1.26. The summed E-state index contributed by atoms with van der Waals surface area (Å²) in [4.78, 5) is 28.7. The van der Waals surface area contributed by atoms with Gasteiger partial charge in [-0.15, -0.1) is 0 Å². The molecule has 14 heteroatoms. The lowest BCUT2D eigenvalue weighted by atomic mass is 10.0. The molecular formula is C33H48F2N3O8P. The Bertz CT molecular complexity index is 1390. The molecule has 1 aromatic carbocycles. The van der Waals surface area contributed by atoms with Gasteiger partial charge in [-0.05, 0) is 18.6 Å². The maximum absolute atomic E-state index is 15.8. The number of rotatable bonds is 20. The zero-order valence-corrected chi connectivity index (χ0v) is 28.1. The zero-order valence-electron chi connectivity index (χ0n) is 27.2. The molecule has 4 rings (SSSR count). The number of aromatic nitrogens is 2. The van der Waals surface area contributed by atoms with Gasteiger partial charge in [-0.2, -0.15) is 13.8 Å². The maximum Gasteiger partial charge on any atom is 0.530 e. The van der Waals surface area contributed by atoms with E-state index >= 15 is 8.78 Å². The fraction of sp³-hybridized carbons (Fsp3) is 0.667. The first-order chi connectivity index (χ1) is 22.6. The van der Waals surface area contributed by atoms with Crippen molar-refractivity contribution >= 4 is 19.6 Å². The molecule has 262 valence electrons. The predicted octanol–water partition coefficient (Wildman–Crippen LogP) is 7.88. The van der Waals surface area contributed by atoms with Gasteiger partial charge in [0.15, 0.2) is 6.10 Å². The summed E-state index contributed by atoms with van der Waals surface area (Å²) < 4.78 is 72.2. The molecule has 11 nitrogen and oxygen atoms in total. The van der Waals surface area contributed by atoms with E-state index < -0.39 is 50.4 Å². The van der Waals surface area contributed by atoms with Crippen LogP contribution in [-0.4, -0.2) is 40.3 Å². The third-order valence-corrected chi connectivity index (χ3v) is 9.74. The first-order valence-electron chi connectivity index (χ1n) is 16.9. The normalized spacial score (nSPS) is 23.3. The van der Waals surface area contributed by atoms with Crippen molar-refractivity contribution in [2.24, 2.45) is 0 Å². The lowest BCUT2D eigenvalue weighted by Gasteiger charge is -2.27. The van der Waals surface area contributed by atoms with Crippen molar-refractivity contribution in [2.75, 3.05) is 12.3 Å². The topological polar surface area (TPSA) is 141 Å². The molecule has 0 saturated carbocycles. The van der Waals surface area contributed by atoms with Crippen molar-refractivity contribution in [3.63, 3.8) is 0 Å². The molecule has 1 aromatic heterocycles. The van der Waals surface area contributed by atoms with Crippen molar-refractivity contribution in [1.29, 1.82) is 0 Å². The molecule has 0 bridgehead atoms. The summed E-state index contributed by atoms with van der Waals surface area (Å²) in [5.74, 6) is -4.60. The van der Waals surface area contributed by atoms with Crippen LogP contribution in [0.15, 0.2) is 41.3 Å². The lowest BCUT2D eigenvalue weighted by Crippen LogP contribution is -2.44. The van der Waals surface area contributed by atoms with Crippen molar-refractivity contribution in [1.82, 2.24) is 9.55 Å². The molecule has 0 spiro atoms. The zero-order chi connectivity index (χ0) is 33.7. The van der Waals surface area contributed by atoms with E-state index in [1.807, 2.05) is 0 Å². The number of nitrogen functional groups attached to an aromatic ring is 1. The van der Waals surface area contributed by atoms with E-state index in [1.54, 1.807) is 24.3 Å². The molecule has 2 N–H and O–H groups in total. The fourth-order valence-corrected chi connectivity index (χ4v) is 6.98. The number of carbonyl (C=O) groups is 1. The summed E-state index contributed by atoms with van der Waals surface area (Å²) in [6, 6.07) is 7.89. The van der Waals surface area contributed by atoms with Crippen LogP contribution >= 0.6 is 7.82 Å². The summed E-state index contributed by atoms with van der Waals surface area (Å²) >= 11 is 0. The van der Waals surface area contributed by atoms with Crippen LogP contribution in [-0.2, 0) is 34.5 Å². The van der Waals surface area contributed by atoms with Gasteiger partial charge in [0.05, 0.1) is 13.2 Å². The Morgan fingerprint density at radius 1 is 1.00 bits per heavy atom. The number of phosphoric acid groups is 1. The Hall–Kier alpha value is -2.86. The average Bonchev–Trinajstić information content (AvgIpc) is 3.28. The van der Waals surface area contributed by atoms with Gasteiger partial charge in [0, 0.05) is 18.2 Å². The Morgan fingerprint density at radius 3 is 2.26 bits per heavy atom. The number of alkyl halides is 2. The number of nitrogens with two attached hydrogens (primary N) is 1. The van der Waals surface area contributed by atoms with E-state index in [0.29, 0.717) is 16.6 Å². The van der Waals surface area contributed by atoms with Crippen LogP contribution in [0.3, 0.4) is 0 Å². The number of para-hydroxylation sites is 1. The van der Waals surface area contributed by atoms with Crippen molar-refractivity contribution in [2.45, 2.75) is 134 Å². The monoisotopic (exact) mass is 683 g/mol. The third kappa shape index (κ3) is 10.8. The van der Waals surface area contributed by atoms with E-state index in [2.05, 4.69) is 11.9 Å². The molecule has 2 aromatic rings. The van der Waals surface area contributed by atoms with Crippen LogP contribution in [0.1, 0.15) is 115 Å². The number of esters is 1. The molecule has 3 heterocycles. The van der Waals surface area contributed by atoms with Crippen molar-refractivity contribution < 1.29 is 41.2 Å². The molecule has 0 aliphatic carbocycles. The number of halogens is 2. The van der Waals surface area contributed by atoms with Crippen LogP contribution in [0, 0.1) is 0 Å². The smallest absolute Gasteiger partial charge is 0.453 e. The summed E-state index contributed by atoms with van der Waals surface area (Å²) in [5, 5.41) is 0. The Kier molecular flexibility index (Phi) is 14.2. The van der Waals surface area contributed by atoms with Gasteiger partial charge in [0.1, 0.15) is 17.7 Å². The highest BCUT2D eigenvalue weighted by Gasteiger charge is 2.63. The van der Waals surface area contributed by atoms with Gasteiger partial charge >= 0.3 is 25.4 Å². The average molecular weight is 684 g/mol. The highest BCUT2D eigenvalue weighted by molar-refractivity contribution is 7.49. The standard InChI is InChI=1S/C33H48F2N3O8P/c1-2-3-4-5-6-7-8-9-10-11-12-13-14-15-20-29(39)45-30-27(24-43-47(41)42-23-25-18-16-17-19-26(25)46-47)44-31(33(30,34)35)38-22-21-28(36)37-32(38)40/h16-19,21-22,27,30-31H,2-15,20,23-24H2,1H3,(H2,36,37,40)/t27?,30-,31?,47?/m1/s1. The number of anilines is 1. The largest absolute Gasteiger partial charge is 0.530 e. The maximum atomic E-state index is 15.8. The van der Waals surface area contributed by atoms with Crippen molar-refractivity contribution in [3.05, 3.63) is 52.6 Å². The summed E-state index contributed by atoms with van der Waals surface area (Å²) in [6.45, 7) is 1.41. The second kappa shape index (κ2) is 18.1. The molecule has 4 atom stereocenters. The molecule has 3 unspecified atom stereocenters. The van der Waals surface area contributed by atoms with E-state index in [1.165, 1.54) is 63.9 Å². The van der Waals surface area contributed by atoms with E-state index in [4.69, 9.17) is 28.8 Å².